The third-order valence-corrected chi connectivity index (χ3v) is 12.5. The maximum atomic E-state index is 11.7. The molecule has 4 atom stereocenters. The number of carbonyl (C=O) groups is 1. The average molecular weight is 781 g/mol. The number of hydrogen-bond acceptors (Lipinski definition) is 10. The molecule has 11 nitrogen and oxygen atoms in total. The molecule has 2 N–H and O–H groups in total. The van der Waals surface area contributed by atoms with Crippen molar-refractivity contribution in [2.75, 3.05) is 33.3 Å². The Balaban J connectivity index is 1.000. The third-order valence-electron chi connectivity index (χ3n) is 11.8. The van der Waals surface area contributed by atoms with Gasteiger partial charge >= 0.3 is 5.97 Å². The Bertz CT molecular complexity index is 2390. The summed E-state index contributed by atoms with van der Waals surface area (Å²) >= 11 is 14.0. The van der Waals surface area contributed by atoms with Crippen LogP contribution in [0.1, 0.15) is 71.2 Å². The number of rotatable bonds is 9. The van der Waals surface area contributed by atoms with Crippen molar-refractivity contribution in [3.05, 3.63) is 92.0 Å². The highest BCUT2D eigenvalue weighted by Gasteiger charge is 2.38. The molecule has 2 aliphatic heterocycles. The first-order valence-electron chi connectivity index (χ1n) is 18.8. The number of aliphatic hydroxyl groups excluding tert-OH is 1. The molecule has 0 spiro atoms. The van der Waals surface area contributed by atoms with E-state index in [9.17, 15) is 20.3 Å². The molecule has 282 valence electrons. The minimum absolute atomic E-state index is 0.0414. The van der Waals surface area contributed by atoms with Crippen LogP contribution in [0.5, 0.6) is 11.8 Å². The number of ether oxygens (including phenoxy) is 2. The Morgan fingerprint density at radius 3 is 2.53 bits per heavy atom. The first-order valence-corrected chi connectivity index (χ1v) is 19.5. The molecule has 5 aromatic rings. The number of carboxylic acid groups (broad SMARTS) is 1. The van der Waals surface area contributed by atoms with Gasteiger partial charge < -0.3 is 24.1 Å². The van der Waals surface area contributed by atoms with Gasteiger partial charge in [0.25, 0.3) is 0 Å². The Kier molecular flexibility index (Phi) is 9.43. The van der Waals surface area contributed by atoms with Crippen molar-refractivity contribution in [2.45, 2.75) is 63.3 Å². The van der Waals surface area contributed by atoms with Crippen molar-refractivity contribution in [3.63, 3.8) is 0 Å². The molecule has 13 heteroatoms. The van der Waals surface area contributed by atoms with E-state index in [1.54, 1.807) is 7.11 Å². The smallest absolute Gasteiger partial charge is 0.307 e. The molecule has 0 unspecified atom stereocenters. The predicted octanol–water partition coefficient (Wildman–Crippen LogP) is 7.77. The molecule has 0 radical (unpaired) electrons. The summed E-state index contributed by atoms with van der Waals surface area (Å²) in [6.45, 7) is 3.18. The van der Waals surface area contributed by atoms with Gasteiger partial charge in [-0.05, 0) is 91.1 Å². The van der Waals surface area contributed by atoms with Crippen LogP contribution in [-0.4, -0.2) is 75.3 Å². The summed E-state index contributed by atoms with van der Waals surface area (Å²) in [6, 6.07) is 18.2. The second-order valence-electron chi connectivity index (χ2n) is 15.0. The summed E-state index contributed by atoms with van der Waals surface area (Å²) in [5.74, 6) is -0.0499. The van der Waals surface area contributed by atoms with E-state index in [1.165, 1.54) is 0 Å². The zero-order chi connectivity index (χ0) is 38.0. The topological polar surface area (TPSA) is 145 Å². The number of halogens is 2. The van der Waals surface area contributed by atoms with Crippen LogP contribution in [0.3, 0.4) is 0 Å². The van der Waals surface area contributed by atoms with Crippen LogP contribution < -0.4 is 9.47 Å². The van der Waals surface area contributed by atoms with Gasteiger partial charge in [-0.2, -0.15) is 10.2 Å². The van der Waals surface area contributed by atoms with E-state index in [2.05, 4.69) is 33.0 Å². The molecule has 4 heterocycles. The maximum absolute atomic E-state index is 11.7. The van der Waals surface area contributed by atoms with Crippen LogP contribution in [0.15, 0.2) is 52.9 Å². The Morgan fingerprint density at radius 1 is 0.964 bits per heavy atom. The van der Waals surface area contributed by atoms with Gasteiger partial charge in [-0.3, -0.25) is 14.6 Å². The number of aliphatic hydroxyl groups is 1. The largest absolute Gasteiger partial charge is 0.481 e. The molecule has 55 heavy (non-hydrogen) atoms. The van der Waals surface area contributed by atoms with Gasteiger partial charge in [-0.25, -0.2) is 4.98 Å². The predicted molar refractivity (Wildman–Crippen MR) is 206 cm³/mol. The second-order valence-corrected chi connectivity index (χ2v) is 15.8. The highest BCUT2D eigenvalue weighted by atomic mass is 35.5. The second kappa shape index (κ2) is 14.4. The van der Waals surface area contributed by atoms with Crippen LogP contribution in [-0.2, 0) is 24.2 Å². The quantitative estimate of drug-likeness (QED) is 0.151. The number of benzene rings is 3. The minimum Gasteiger partial charge on any atom is -0.481 e. The number of aromatic nitrogens is 2. The number of aliphatic carboxylic acids is 1. The number of nitriles is 1. The van der Waals surface area contributed by atoms with Crippen molar-refractivity contribution in [3.8, 4) is 40.4 Å². The number of pyridine rings is 1. The van der Waals surface area contributed by atoms with Crippen LogP contribution in [0.25, 0.3) is 33.7 Å². The van der Waals surface area contributed by atoms with E-state index in [0.29, 0.717) is 82.5 Å². The van der Waals surface area contributed by atoms with E-state index in [0.717, 1.165) is 77.6 Å². The third kappa shape index (κ3) is 6.40. The first-order chi connectivity index (χ1) is 26.7. The lowest BCUT2D eigenvalue weighted by molar-refractivity contribution is -0.141. The summed E-state index contributed by atoms with van der Waals surface area (Å²) in [6.07, 6.45) is 3.77. The lowest BCUT2D eigenvalue weighted by Gasteiger charge is -2.24. The summed E-state index contributed by atoms with van der Waals surface area (Å²) in [7, 11) is 1.58. The molecule has 2 aromatic heterocycles. The molecule has 2 fully saturated rings. The van der Waals surface area contributed by atoms with E-state index in [-0.39, 0.29) is 24.2 Å². The van der Waals surface area contributed by atoms with Gasteiger partial charge in [0.1, 0.15) is 28.3 Å². The van der Waals surface area contributed by atoms with Crippen LogP contribution in [0.4, 0.5) is 0 Å². The fourth-order valence-corrected chi connectivity index (χ4v) is 9.63. The maximum Gasteiger partial charge on any atom is 0.307 e. The number of oxazole rings is 1. The first kappa shape index (κ1) is 36.0. The number of hydrogen-bond donors (Lipinski definition) is 2. The summed E-state index contributed by atoms with van der Waals surface area (Å²) in [5, 5.41) is 30.8. The fourth-order valence-electron chi connectivity index (χ4n) is 9.11. The van der Waals surface area contributed by atoms with Gasteiger partial charge in [0.05, 0.1) is 29.7 Å². The molecule has 9 rings (SSSR count). The lowest BCUT2D eigenvalue weighted by Crippen LogP contribution is -2.26. The van der Waals surface area contributed by atoms with E-state index >= 15 is 0 Å². The van der Waals surface area contributed by atoms with Gasteiger partial charge in [0.2, 0.25) is 17.7 Å². The molecule has 4 aliphatic rings. The number of fused-ring (bicyclic) bond motifs is 3. The summed E-state index contributed by atoms with van der Waals surface area (Å²) in [5.41, 5.74) is 8.91. The van der Waals surface area contributed by atoms with Gasteiger partial charge in [0.15, 0.2) is 5.58 Å². The van der Waals surface area contributed by atoms with E-state index in [4.69, 9.17) is 42.1 Å². The zero-order valence-electron chi connectivity index (χ0n) is 30.2. The van der Waals surface area contributed by atoms with Crippen LogP contribution in [0.2, 0.25) is 10.0 Å². The molecular weight excluding hydrogens is 741 g/mol. The van der Waals surface area contributed by atoms with E-state index < -0.39 is 5.97 Å². The number of β-amino-alcohol motifs (C(OH)–C–C–N with tert-alkyl or cyclic N) is 1. The van der Waals surface area contributed by atoms with Crippen molar-refractivity contribution in [1.82, 2.24) is 19.8 Å². The zero-order valence-corrected chi connectivity index (χ0v) is 31.7. The van der Waals surface area contributed by atoms with Crippen LogP contribution >= 0.6 is 23.2 Å². The molecule has 2 saturated heterocycles. The van der Waals surface area contributed by atoms with Crippen LogP contribution in [0, 0.1) is 17.2 Å². The SMILES string of the molecule is COc1nc(O[C@H]2CCc3c(-c4cccc(-c5nc6cc7c(c(C#N)c6o5)CC[C@@H]7N5CC[C@@H](C(=O)O)C5)c4Cl)cccc32)c(Cl)cc1CN1CC[C@@H](O)C1. The van der Waals surface area contributed by atoms with Crippen molar-refractivity contribution >= 4 is 40.3 Å². The van der Waals surface area contributed by atoms with Gasteiger partial charge in [0, 0.05) is 43.3 Å². The number of likely N-dealkylation sites (tertiary alicyclic amines) is 2. The average Bonchev–Trinajstić information content (AvgIpc) is 4.03. The van der Waals surface area contributed by atoms with E-state index in [1.807, 2.05) is 36.4 Å². The van der Waals surface area contributed by atoms with Gasteiger partial charge in [-0.1, -0.05) is 53.5 Å². The minimum atomic E-state index is -0.761. The molecule has 0 amide bonds. The Hall–Kier alpha value is -4.70. The molecule has 3 aromatic carbocycles. The van der Waals surface area contributed by atoms with Crippen molar-refractivity contribution < 1.29 is 28.9 Å². The van der Waals surface area contributed by atoms with Crippen molar-refractivity contribution in [2.24, 2.45) is 5.92 Å². The molecule has 2 aliphatic carbocycles. The number of methoxy groups -OCH3 is 1. The summed E-state index contributed by atoms with van der Waals surface area (Å²) < 4.78 is 18.5. The monoisotopic (exact) mass is 779 g/mol. The normalized spacial score (nSPS) is 22.2. The molecular formula is C42H39Cl2N5O6. The lowest BCUT2D eigenvalue weighted by atomic mass is 9.95. The van der Waals surface area contributed by atoms with Gasteiger partial charge in [-0.15, -0.1) is 0 Å². The highest BCUT2D eigenvalue weighted by Crippen LogP contribution is 2.47. The Morgan fingerprint density at radius 2 is 1.76 bits per heavy atom. The highest BCUT2D eigenvalue weighted by molar-refractivity contribution is 6.36. The molecule has 0 saturated carbocycles. The fraction of sp³-hybridized carbons (Fsp3) is 0.381. The molecule has 0 bridgehead atoms. The number of nitrogens with zero attached hydrogens (tertiary/aromatic N) is 5. The standard InChI is InChI=1S/C42H39Cl2N5O6/c1-53-39-23(19-48-14-13-24(50)21-48)16-33(43)41(47-39)54-36-11-9-26-25(4-2-5-28(26)36)29-6-3-7-30(37(29)44)40-46-34-17-31-27(32(18-45)38(34)55-40)8-10-35(31)49-15-12-22(20-49)42(51)52/h2-7,16-17,22,24,35-36,50H,8-15,19-21H2,1H3,(H,51,52)/t22-,24-,35+,36+/m1/s1. The number of carboxylic acids is 1. The van der Waals surface area contributed by atoms with Crippen molar-refractivity contribution in [1.29, 1.82) is 5.26 Å². The Labute approximate surface area is 328 Å². The summed E-state index contributed by atoms with van der Waals surface area (Å²) in [4.78, 5) is 25.6.